The number of amidine groups is 2. The van der Waals surface area contributed by atoms with Gasteiger partial charge in [0, 0.05) is 10.6 Å². The summed E-state index contributed by atoms with van der Waals surface area (Å²) in [6, 6.07) is 23.9. The Hall–Kier alpha value is -2.87. The first kappa shape index (κ1) is 23.3. The number of hydrogen-bond donors (Lipinski definition) is 0. The van der Waals surface area contributed by atoms with Crippen LogP contribution in [-0.4, -0.2) is 33.5 Å². The highest BCUT2D eigenvalue weighted by Crippen LogP contribution is 2.28. The Bertz CT molecular complexity index is 1210. The molecule has 33 heavy (non-hydrogen) atoms. The molecule has 8 heteroatoms. The van der Waals surface area contributed by atoms with Gasteiger partial charge in [0.1, 0.15) is 0 Å². The van der Waals surface area contributed by atoms with Crippen LogP contribution in [0.1, 0.15) is 15.9 Å². The molecule has 1 heterocycles. The van der Waals surface area contributed by atoms with Crippen molar-refractivity contribution in [1.82, 2.24) is 0 Å². The molecule has 166 valence electrons. The molecule has 0 N–H and O–H groups in total. The smallest absolute Gasteiger partial charge is 0.243 e. The Morgan fingerprint density at radius 3 is 2.42 bits per heavy atom. The molecule has 3 aromatic rings. The standard InChI is InChI=1S/C25H20ClN3O2S2/c1-17-7-13-21(14-8-17)29-23(31)16-33-25(29)28-24(27-20-5-3-2-4-6-20)32-15-22(30)18-9-11-19(26)12-10-18/h2-14H,15-16H2,1H3/b27-24?,28-25-. The largest absolute Gasteiger partial charge is 0.293 e. The van der Waals surface area contributed by atoms with Gasteiger partial charge in [0.15, 0.2) is 16.1 Å². The number of halogens is 1. The van der Waals surface area contributed by atoms with E-state index in [2.05, 4.69) is 4.99 Å². The van der Waals surface area contributed by atoms with Crippen LogP contribution in [0, 0.1) is 6.92 Å². The number of benzene rings is 3. The van der Waals surface area contributed by atoms with E-state index in [1.807, 2.05) is 61.5 Å². The number of para-hydroxylation sites is 1. The van der Waals surface area contributed by atoms with Crippen molar-refractivity contribution in [1.29, 1.82) is 0 Å². The molecule has 0 aliphatic carbocycles. The zero-order valence-corrected chi connectivity index (χ0v) is 20.2. The second kappa shape index (κ2) is 10.8. The highest BCUT2D eigenvalue weighted by atomic mass is 35.5. The minimum absolute atomic E-state index is 0.0381. The van der Waals surface area contributed by atoms with E-state index in [-0.39, 0.29) is 17.4 Å². The molecule has 1 aliphatic rings. The minimum atomic E-state index is -0.0526. The average Bonchev–Trinajstić information content (AvgIpc) is 3.18. The summed E-state index contributed by atoms with van der Waals surface area (Å²) < 4.78 is 0. The van der Waals surface area contributed by atoms with Gasteiger partial charge in [-0.15, -0.1) is 0 Å². The number of Topliss-reactive ketones (excluding diaryl/α,β-unsaturated/α-hetero) is 1. The van der Waals surface area contributed by atoms with Gasteiger partial charge in [-0.1, -0.05) is 71.0 Å². The van der Waals surface area contributed by atoms with Crippen LogP contribution >= 0.6 is 35.1 Å². The van der Waals surface area contributed by atoms with Crippen LogP contribution in [0.5, 0.6) is 0 Å². The van der Waals surface area contributed by atoms with E-state index in [1.165, 1.54) is 23.5 Å². The zero-order valence-electron chi connectivity index (χ0n) is 17.8. The zero-order chi connectivity index (χ0) is 23.2. The first-order chi connectivity index (χ1) is 16.0. The Morgan fingerprint density at radius 1 is 1.03 bits per heavy atom. The Balaban J connectivity index is 1.61. The Labute approximate surface area is 206 Å². The molecule has 1 fully saturated rings. The molecule has 4 rings (SSSR count). The highest BCUT2D eigenvalue weighted by Gasteiger charge is 2.30. The first-order valence-electron chi connectivity index (χ1n) is 10.2. The molecular weight excluding hydrogens is 474 g/mol. The predicted molar refractivity (Wildman–Crippen MR) is 140 cm³/mol. The maximum absolute atomic E-state index is 12.7. The van der Waals surface area contributed by atoms with Gasteiger partial charge < -0.3 is 0 Å². The molecule has 1 aliphatic heterocycles. The Kier molecular flexibility index (Phi) is 7.65. The molecule has 0 aromatic heterocycles. The molecule has 0 spiro atoms. The molecular formula is C25H20ClN3O2S2. The van der Waals surface area contributed by atoms with Crippen LogP contribution in [0.4, 0.5) is 11.4 Å². The van der Waals surface area contributed by atoms with Gasteiger partial charge in [-0.3, -0.25) is 14.5 Å². The number of aryl methyl sites for hydroxylation is 1. The summed E-state index contributed by atoms with van der Waals surface area (Å²) >= 11 is 8.53. The molecule has 5 nitrogen and oxygen atoms in total. The maximum Gasteiger partial charge on any atom is 0.243 e. The number of amides is 1. The van der Waals surface area contributed by atoms with E-state index in [0.717, 1.165) is 16.9 Å². The summed E-state index contributed by atoms with van der Waals surface area (Å²) in [5.74, 6) is 0.375. The normalized spacial score (nSPS) is 15.3. The monoisotopic (exact) mass is 493 g/mol. The summed E-state index contributed by atoms with van der Waals surface area (Å²) in [7, 11) is 0. The number of carbonyl (C=O) groups is 2. The second-order valence-corrected chi connectivity index (χ2v) is 9.52. The van der Waals surface area contributed by atoms with Gasteiger partial charge in [-0.2, -0.15) is 4.99 Å². The number of thioether (sulfide) groups is 2. The number of hydrogen-bond acceptors (Lipinski definition) is 5. The van der Waals surface area contributed by atoms with E-state index >= 15 is 0 Å². The van der Waals surface area contributed by atoms with E-state index < -0.39 is 0 Å². The summed E-state index contributed by atoms with van der Waals surface area (Å²) in [4.78, 5) is 36.2. The Morgan fingerprint density at radius 2 is 1.73 bits per heavy atom. The van der Waals surface area contributed by atoms with Crippen LogP contribution in [0.2, 0.25) is 5.02 Å². The van der Waals surface area contributed by atoms with Crippen molar-refractivity contribution < 1.29 is 9.59 Å². The van der Waals surface area contributed by atoms with Crippen LogP contribution < -0.4 is 4.90 Å². The molecule has 1 amide bonds. The van der Waals surface area contributed by atoms with Crippen molar-refractivity contribution in [2.24, 2.45) is 9.98 Å². The SMILES string of the molecule is Cc1ccc(N2C(=O)CS/C2=N\C(=Nc2ccccc2)SCC(=O)c2ccc(Cl)cc2)cc1. The maximum atomic E-state index is 12.7. The molecule has 0 unspecified atom stereocenters. The third-order valence-electron chi connectivity index (χ3n) is 4.73. The summed E-state index contributed by atoms with van der Waals surface area (Å²) in [6.45, 7) is 2.00. The molecule has 0 radical (unpaired) electrons. The number of ketones is 1. The highest BCUT2D eigenvalue weighted by molar-refractivity contribution is 8.16. The summed E-state index contributed by atoms with van der Waals surface area (Å²) in [6.07, 6.45) is 0. The average molecular weight is 494 g/mol. The third-order valence-corrected chi connectivity index (χ3v) is 6.75. The fourth-order valence-corrected chi connectivity index (χ4v) is 4.83. The van der Waals surface area contributed by atoms with Gasteiger partial charge in [0.2, 0.25) is 5.91 Å². The fraction of sp³-hybridized carbons (Fsp3) is 0.120. The molecule has 0 bridgehead atoms. The van der Waals surface area contributed by atoms with Gasteiger partial charge in [0.25, 0.3) is 0 Å². The quantitative estimate of drug-likeness (QED) is 0.235. The lowest BCUT2D eigenvalue weighted by atomic mass is 10.1. The number of rotatable bonds is 5. The first-order valence-corrected chi connectivity index (χ1v) is 12.5. The third kappa shape index (κ3) is 6.13. The van der Waals surface area contributed by atoms with Crippen molar-refractivity contribution in [3.63, 3.8) is 0 Å². The van der Waals surface area contributed by atoms with E-state index in [1.54, 1.807) is 29.2 Å². The number of anilines is 1. The lowest BCUT2D eigenvalue weighted by Gasteiger charge is -2.16. The number of nitrogens with zero attached hydrogens (tertiary/aromatic N) is 3. The van der Waals surface area contributed by atoms with E-state index in [0.29, 0.717) is 26.7 Å². The number of aliphatic imine (C=N–C) groups is 2. The topological polar surface area (TPSA) is 62.1 Å². The molecule has 3 aromatic carbocycles. The van der Waals surface area contributed by atoms with Crippen molar-refractivity contribution >= 4 is 68.5 Å². The van der Waals surface area contributed by atoms with Gasteiger partial charge in [0.05, 0.1) is 22.9 Å². The second-order valence-electron chi connectivity index (χ2n) is 7.20. The lowest BCUT2D eigenvalue weighted by Crippen LogP contribution is -2.29. The van der Waals surface area contributed by atoms with E-state index in [4.69, 9.17) is 16.6 Å². The molecule has 1 saturated heterocycles. The summed E-state index contributed by atoms with van der Waals surface area (Å²) in [5, 5.41) is 1.54. The fourth-order valence-electron chi connectivity index (χ4n) is 3.03. The number of carbonyl (C=O) groups excluding carboxylic acids is 2. The minimum Gasteiger partial charge on any atom is -0.293 e. The molecule has 0 saturated carbocycles. The lowest BCUT2D eigenvalue weighted by molar-refractivity contribution is -0.115. The molecule has 0 atom stereocenters. The van der Waals surface area contributed by atoms with Crippen molar-refractivity contribution in [3.8, 4) is 0 Å². The summed E-state index contributed by atoms with van der Waals surface area (Å²) in [5.41, 5.74) is 3.17. The van der Waals surface area contributed by atoms with Gasteiger partial charge >= 0.3 is 0 Å². The van der Waals surface area contributed by atoms with Crippen LogP contribution in [-0.2, 0) is 4.79 Å². The van der Waals surface area contributed by atoms with Gasteiger partial charge in [-0.05, 0) is 55.5 Å². The van der Waals surface area contributed by atoms with Gasteiger partial charge in [-0.25, -0.2) is 4.99 Å². The van der Waals surface area contributed by atoms with Crippen LogP contribution in [0.25, 0.3) is 0 Å². The van der Waals surface area contributed by atoms with Crippen molar-refractivity contribution in [2.75, 3.05) is 16.4 Å². The van der Waals surface area contributed by atoms with Crippen LogP contribution in [0.15, 0.2) is 88.8 Å². The van der Waals surface area contributed by atoms with E-state index in [9.17, 15) is 9.59 Å². The predicted octanol–water partition coefficient (Wildman–Crippen LogP) is 6.39. The van der Waals surface area contributed by atoms with Crippen LogP contribution in [0.3, 0.4) is 0 Å². The van der Waals surface area contributed by atoms with Crippen molar-refractivity contribution in [3.05, 3.63) is 95.0 Å². The van der Waals surface area contributed by atoms with Crippen molar-refractivity contribution in [2.45, 2.75) is 6.92 Å².